The van der Waals surface area contributed by atoms with Crippen molar-refractivity contribution >= 4 is 21.6 Å². The quantitative estimate of drug-likeness (QED) is 0.550. The Labute approximate surface area is 171 Å². The van der Waals surface area contributed by atoms with Gasteiger partial charge in [0.15, 0.2) is 0 Å². The molecule has 0 aliphatic rings. The summed E-state index contributed by atoms with van der Waals surface area (Å²) in [4.78, 5) is 3.74. The third-order valence-electron chi connectivity index (χ3n) is 4.37. The van der Waals surface area contributed by atoms with Gasteiger partial charge < -0.3 is 0 Å². The van der Waals surface area contributed by atoms with Crippen molar-refractivity contribution < 1.29 is 21.6 Å². The topological polar surface area (TPSA) is 50.3 Å². The van der Waals surface area contributed by atoms with E-state index < -0.39 is 37.7 Å². The molecule has 0 saturated heterocycles. The lowest BCUT2D eigenvalue weighted by molar-refractivity contribution is -0.137. The fraction of sp³-hybridized carbons (Fsp3) is 0.150. The molecular weight excluding hydrogens is 425 g/mol. The SMILES string of the molecule is CN(C(c1ccccc1)c1ccccn1)S(=O)(=O)c1ccc(Cl)c(C(F)(F)F)c1. The van der Waals surface area contributed by atoms with Gasteiger partial charge in [-0.2, -0.15) is 17.5 Å². The van der Waals surface area contributed by atoms with Gasteiger partial charge in [-0.1, -0.05) is 48.0 Å². The maximum Gasteiger partial charge on any atom is 0.417 e. The zero-order chi connectivity index (χ0) is 21.2. The van der Waals surface area contributed by atoms with Crippen LogP contribution in [0.5, 0.6) is 0 Å². The summed E-state index contributed by atoms with van der Waals surface area (Å²) in [5.41, 5.74) is -0.139. The average Bonchev–Trinajstić information content (AvgIpc) is 2.69. The molecule has 1 atom stereocenters. The van der Waals surface area contributed by atoms with Crippen molar-refractivity contribution in [3.05, 3.63) is 94.8 Å². The molecule has 2 aromatic carbocycles. The lowest BCUT2D eigenvalue weighted by Crippen LogP contribution is -2.32. The molecule has 1 heterocycles. The highest BCUT2D eigenvalue weighted by Gasteiger charge is 2.36. The van der Waals surface area contributed by atoms with Crippen LogP contribution in [-0.2, 0) is 16.2 Å². The van der Waals surface area contributed by atoms with Gasteiger partial charge in [0.05, 0.1) is 27.2 Å². The molecule has 0 aliphatic carbocycles. The highest BCUT2D eigenvalue weighted by Crippen LogP contribution is 2.37. The van der Waals surface area contributed by atoms with Gasteiger partial charge in [0.2, 0.25) is 10.0 Å². The molecule has 152 valence electrons. The van der Waals surface area contributed by atoms with Crippen LogP contribution >= 0.6 is 11.6 Å². The maximum absolute atomic E-state index is 13.2. The van der Waals surface area contributed by atoms with Gasteiger partial charge in [0.1, 0.15) is 0 Å². The van der Waals surface area contributed by atoms with Gasteiger partial charge in [-0.15, -0.1) is 0 Å². The minimum atomic E-state index is -4.78. The second kappa shape index (κ2) is 8.14. The molecule has 3 rings (SSSR count). The van der Waals surface area contributed by atoms with Crippen LogP contribution in [0.15, 0.2) is 77.8 Å². The van der Waals surface area contributed by atoms with E-state index >= 15 is 0 Å². The Balaban J connectivity index is 2.12. The normalized spacial score (nSPS) is 13.4. The second-order valence-corrected chi connectivity index (χ2v) is 8.63. The lowest BCUT2D eigenvalue weighted by atomic mass is 10.0. The molecule has 9 heteroatoms. The number of hydrogen-bond donors (Lipinski definition) is 0. The number of alkyl halides is 3. The predicted molar refractivity (Wildman–Crippen MR) is 104 cm³/mol. The fourth-order valence-electron chi connectivity index (χ4n) is 2.93. The first-order valence-electron chi connectivity index (χ1n) is 8.43. The maximum atomic E-state index is 13.2. The molecule has 0 saturated carbocycles. The van der Waals surface area contributed by atoms with Gasteiger partial charge in [-0.05, 0) is 35.9 Å². The Morgan fingerprint density at radius 1 is 1.00 bits per heavy atom. The minimum Gasteiger partial charge on any atom is -0.259 e. The molecule has 29 heavy (non-hydrogen) atoms. The summed E-state index contributed by atoms with van der Waals surface area (Å²) in [5, 5.41) is -0.566. The van der Waals surface area contributed by atoms with Gasteiger partial charge in [-0.3, -0.25) is 4.98 Å². The van der Waals surface area contributed by atoms with Gasteiger partial charge in [-0.25, -0.2) is 8.42 Å². The number of hydrogen-bond acceptors (Lipinski definition) is 3. The summed E-state index contributed by atoms with van der Waals surface area (Å²) in [7, 11) is -2.99. The van der Waals surface area contributed by atoms with Gasteiger partial charge >= 0.3 is 6.18 Å². The van der Waals surface area contributed by atoms with E-state index in [0.717, 1.165) is 16.4 Å². The number of sulfonamides is 1. The van der Waals surface area contributed by atoms with E-state index in [-0.39, 0.29) is 0 Å². The average molecular weight is 441 g/mol. The molecule has 4 nitrogen and oxygen atoms in total. The van der Waals surface area contributed by atoms with Crippen LogP contribution in [0.1, 0.15) is 22.9 Å². The molecule has 0 amide bonds. The molecule has 0 N–H and O–H groups in total. The zero-order valence-corrected chi connectivity index (χ0v) is 16.7. The first kappa shape index (κ1) is 21.3. The van der Waals surface area contributed by atoms with Crippen molar-refractivity contribution in [2.24, 2.45) is 0 Å². The number of rotatable bonds is 5. The highest BCUT2D eigenvalue weighted by molar-refractivity contribution is 7.89. The van der Waals surface area contributed by atoms with E-state index in [9.17, 15) is 21.6 Å². The molecule has 1 unspecified atom stereocenters. The first-order valence-corrected chi connectivity index (χ1v) is 10.2. The van der Waals surface area contributed by atoms with Crippen molar-refractivity contribution in [2.45, 2.75) is 17.1 Å². The monoisotopic (exact) mass is 440 g/mol. The van der Waals surface area contributed by atoms with E-state index in [4.69, 9.17) is 11.6 Å². The summed E-state index contributed by atoms with van der Waals surface area (Å²) < 4.78 is 67.0. The molecule has 0 aliphatic heterocycles. The van der Waals surface area contributed by atoms with E-state index in [0.29, 0.717) is 17.3 Å². The second-order valence-electron chi connectivity index (χ2n) is 6.23. The summed E-state index contributed by atoms with van der Waals surface area (Å²) in [6.07, 6.45) is -3.25. The first-order chi connectivity index (χ1) is 13.6. The third kappa shape index (κ3) is 4.44. The number of halogens is 4. The largest absolute Gasteiger partial charge is 0.417 e. The molecule has 0 fully saturated rings. The Morgan fingerprint density at radius 3 is 2.24 bits per heavy atom. The molecule has 3 aromatic rings. The standard InChI is InChI=1S/C20H16ClF3N2O2S/c1-26(19(14-7-3-2-4-8-14)18-9-5-6-12-25-18)29(27,28)15-10-11-17(21)16(13-15)20(22,23)24/h2-13,19H,1H3. The van der Waals surface area contributed by atoms with Crippen molar-refractivity contribution in [1.29, 1.82) is 0 Å². The summed E-state index contributed by atoms with van der Waals surface area (Å²) in [6.45, 7) is 0. The van der Waals surface area contributed by atoms with Crippen LogP contribution in [0.25, 0.3) is 0 Å². The van der Waals surface area contributed by atoms with Crippen molar-refractivity contribution in [3.8, 4) is 0 Å². The van der Waals surface area contributed by atoms with Crippen molar-refractivity contribution in [3.63, 3.8) is 0 Å². The fourth-order valence-corrected chi connectivity index (χ4v) is 4.50. The number of pyridine rings is 1. The molecule has 0 radical (unpaired) electrons. The summed E-state index contributed by atoms with van der Waals surface area (Å²) >= 11 is 5.63. The van der Waals surface area contributed by atoms with Crippen molar-refractivity contribution in [1.82, 2.24) is 9.29 Å². The number of aromatic nitrogens is 1. The Kier molecular flexibility index (Phi) is 5.97. The summed E-state index contributed by atoms with van der Waals surface area (Å²) in [6, 6.07) is 15.5. The highest BCUT2D eigenvalue weighted by atomic mass is 35.5. The van der Waals surface area contributed by atoms with E-state index in [1.807, 2.05) is 0 Å². The minimum absolute atomic E-state index is 0.440. The Bertz CT molecular complexity index is 1050. The van der Waals surface area contributed by atoms with Crippen LogP contribution < -0.4 is 0 Å². The van der Waals surface area contributed by atoms with Gasteiger partial charge in [0.25, 0.3) is 0 Å². The smallest absolute Gasteiger partial charge is 0.259 e. The third-order valence-corrected chi connectivity index (χ3v) is 6.52. The number of nitrogens with zero attached hydrogens (tertiary/aromatic N) is 2. The van der Waals surface area contributed by atoms with Crippen LogP contribution in [0.3, 0.4) is 0 Å². The van der Waals surface area contributed by atoms with Crippen molar-refractivity contribution in [2.75, 3.05) is 7.05 Å². The van der Waals surface area contributed by atoms with Crippen LogP contribution in [0, 0.1) is 0 Å². The lowest BCUT2D eigenvalue weighted by Gasteiger charge is -2.28. The van der Waals surface area contributed by atoms with E-state index in [1.54, 1.807) is 48.5 Å². The molecule has 0 spiro atoms. The molecular formula is C20H16ClF3N2O2S. The van der Waals surface area contributed by atoms with Crippen LogP contribution in [0.4, 0.5) is 13.2 Å². The van der Waals surface area contributed by atoms with Crippen LogP contribution in [-0.4, -0.2) is 24.8 Å². The van der Waals surface area contributed by atoms with Crippen LogP contribution in [0.2, 0.25) is 5.02 Å². The Morgan fingerprint density at radius 2 is 1.66 bits per heavy atom. The van der Waals surface area contributed by atoms with E-state index in [2.05, 4.69) is 4.98 Å². The Hall–Kier alpha value is -2.42. The molecule has 0 bridgehead atoms. The van der Waals surface area contributed by atoms with E-state index in [1.165, 1.54) is 13.2 Å². The van der Waals surface area contributed by atoms with Gasteiger partial charge in [0, 0.05) is 13.2 Å². The number of benzene rings is 2. The zero-order valence-electron chi connectivity index (χ0n) is 15.1. The predicted octanol–water partition coefficient (Wildman–Crippen LogP) is 5.16. The summed E-state index contributed by atoms with van der Waals surface area (Å²) in [5.74, 6) is 0. The molecule has 1 aromatic heterocycles.